The average molecular weight is 300 g/mol. The topological polar surface area (TPSA) is 79.0 Å². The van der Waals surface area contributed by atoms with Gasteiger partial charge in [0.1, 0.15) is 5.75 Å². The number of aromatic amines is 1. The molecule has 2 aromatic rings. The Hall–Kier alpha value is -2.50. The van der Waals surface area contributed by atoms with Gasteiger partial charge in [0.2, 0.25) is 0 Å². The van der Waals surface area contributed by atoms with Gasteiger partial charge in [0.25, 0.3) is 0 Å². The van der Waals surface area contributed by atoms with Crippen molar-refractivity contribution in [3.63, 3.8) is 0 Å². The van der Waals surface area contributed by atoms with E-state index in [-0.39, 0.29) is 12.1 Å². The monoisotopic (exact) mass is 300 g/mol. The predicted octanol–water partition coefficient (Wildman–Crippen LogP) is 2.49. The van der Waals surface area contributed by atoms with Crippen molar-refractivity contribution >= 4 is 11.7 Å². The zero-order valence-corrected chi connectivity index (χ0v) is 12.6. The summed E-state index contributed by atoms with van der Waals surface area (Å²) >= 11 is 0. The molecule has 3 N–H and O–H groups in total. The van der Waals surface area contributed by atoms with Gasteiger partial charge < -0.3 is 15.4 Å². The van der Waals surface area contributed by atoms with Crippen LogP contribution in [-0.2, 0) is 12.8 Å². The fraction of sp³-hybridized carbons (Fsp3) is 0.375. The number of aryl methyl sites for hydroxylation is 1. The summed E-state index contributed by atoms with van der Waals surface area (Å²) in [6.07, 6.45) is 4.51. The number of fused-ring (bicyclic) bond motifs is 1. The minimum atomic E-state index is -0.208. The highest BCUT2D eigenvalue weighted by molar-refractivity contribution is 5.91. The van der Waals surface area contributed by atoms with Crippen LogP contribution in [0.2, 0.25) is 0 Å². The van der Waals surface area contributed by atoms with E-state index in [1.165, 1.54) is 5.56 Å². The van der Waals surface area contributed by atoms with E-state index in [2.05, 4.69) is 20.8 Å². The van der Waals surface area contributed by atoms with E-state index in [1.807, 2.05) is 37.4 Å². The molecule has 1 unspecified atom stereocenters. The van der Waals surface area contributed by atoms with Gasteiger partial charge in [0.05, 0.1) is 18.5 Å². The van der Waals surface area contributed by atoms with Gasteiger partial charge in [-0.15, -0.1) is 0 Å². The summed E-state index contributed by atoms with van der Waals surface area (Å²) in [4.78, 5) is 12.2. The van der Waals surface area contributed by atoms with Gasteiger partial charge in [-0.3, -0.25) is 5.10 Å². The fourth-order valence-corrected chi connectivity index (χ4v) is 2.73. The van der Waals surface area contributed by atoms with E-state index in [4.69, 9.17) is 4.74 Å². The van der Waals surface area contributed by atoms with E-state index in [0.717, 1.165) is 25.0 Å². The molecule has 3 rings (SSSR count). The van der Waals surface area contributed by atoms with Gasteiger partial charge >= 0.3 is 6.03 Å². The number of rotatable bonds is 4. The Bertz CT molecular complexity index is 653. The molecule has 1 aliphatic rings. The van der Waals surface area contributed by atoms with Gasteiger partial charge in [-0.2, -0.15) is 5.10 Å². The van der Waals surface area contributed by atoms with E-state index in [9.17, 15) is 4.79 Å². The van der Waals surface area contributed by atoms with Crippen molar-refractivity contribution in [1.29, 1.82) is 0 Å². The Balaban J connectivity index is 1.59. The number of carbonyl (C=O) groups is 1. The molecule has 2 amide bonds. The molecule has 0 saturated carbocycles. The summed E-state index contributed by atoms with van der Waals surface area (Å²) in [6, 6.07) is 7.34. The van der Waals surface area contributed by atoms with Crippen molar-refractivity contribution in [2.45, 2.75) is 32.2 Å². The van der Waals surface area contributed by atoms with E-state index in [1.54, 1.807) is 0 Å². The van der Waals surface area contributed by atoms with Crippen molar-refractivity contribution in [2.24, 2.45) is 0 Å². The number of nitrogens with zero attached hydrogens (tertiary/aromatic N) is 1. The predicted molar refractivity (Wildman–Crippen MR) is 84.2 cm³/mol. The summed E-state index contributed by atoms with van der Waals surface area (Å²) in [5.41, 5.74) is 3.05. The number of urea groups is 1. The van der Waals surface area contributed by atoms with Crippen molar-refractivity contribution < 1.29 is 9.53 Å². The number of amides is 2. The summed E-state index contributed by atoms with van der Waals surface area (Å²) in [5.74, 6) is 0.680. The van der Waals surface area contributed by atoms with Crippen LogP contribution in [0.1, 0.15) is 24.6 Å². The lowest BCUT2D eigenvalue weighted by molar-refractivity contribution is 0.247. The quantitative estimate of drug-likeness (QED) is 0.811. The third-order valence-corrected chi connectivity index (χ3v) is 3.79. The summed E-state index contributed by atoms with van der Waals surface area (Å²) in [5, 5.41) is 12.9. The van der Waals surface area contributed by atoms with Crippen LogP contribution in [0.15, 0.2) is 30.5 Å². The molecule has 6 heteroatoms. The second-order valence-corrected chi connectivity index (χ2v) is 5.34. The maximum Gasteiger partial charge on any atom is 0.319 e. The maximum atomic E-state index is 12.2. The highest BCUT2D eigenvalue weighted by Crippen LogP contribution is 2.24. The lowest BCUT2D eigenvalue weighted by Gasteiger charge is -2.23. The van der Waals surface area contributed by atoms with Crippen LogP contribution in [0.25, 0.3) is 0 Å². The third-order valence-electron chi connectivity index (χ3n) is 3.79. The molecule has 0 fully saturated rings. The molecule has 1 aliphatic carbocycles. The first-order valence-electron chi connectivity index (χ1n) is 7.56. The molecule has 1 heterocycles. The number of H-pyrrole nitrogens is 1. The average Bonchev–Trinajstić information content (AvgIpc) is 2.97. The molecule has 116 valence electrons. The second kappa shape index (κ2) is 6.51. The molecule has 0 aliphatic heterocycles. The first kappa shape index (κ1) is 14.4. The van der Waals surface area contributed by atoms with Crippen LogP contribution in [0.5, 0.6) is 5.75 Å². The number of nitrogens with one attached hydrogen (secondary N) is 3. The van der Waals surface area contributed by atoms with Crippen molar-refractivity contribution in [3.8, 4) is 5.75 Å². The van der Waals surface area contributed by atoms with Crippen molar-refractivity contribution in [2.75, 3.05) is 11.9 Å². The molecule has 1 atom stereocenters. The number of benzene rings is 1. The molecular weight excluding hydrogens is 280 g/mol. The van der Waals surface area contributed by atoms with E-state index in [0.29, 0.717) is 18.0 Å². The minimum absolute atomic E-state index is 0.118. The highest BCUT2D eigenvalue weighted by Gasteiger charge is 2.21. The maximum absolute atomic E-state index is 12.2. The first-order chi connectivity index (χ1) is 10.8. The highest BCUT2D eigenvalue weighted by atomic mass is 16.5. The van der Waals surface area contributed by atoms with Crippen LogP contribution in [0.3, 0.4) is 0 Å². The molecule has 0 bridgehead atoms. The first-order valence-corrected chi connectivity index (χ1v) is 7.56. The summed E-state index contributed by atoms with van der Waals surface area (Å²) in [6.45, 7) is 2.48. The second-order valence-electron chi connectivity index (χ2n) is 5.34. The SMILES string of the molecule is CCOc1ccccc1NC(=O)NC1CCc2cn[nH]c2C1. The Labute approximate surface area is 129 Å². The number of para-hydroxylation sites is 2. The number of ether oxygens (including phenoxy) is 1. The Kier molecular flexibility index (Phi) is 4.27. The molecular formula is C16H20N4O2. The number of carbonyl (C=O) groups excluding carboxylic acids is 1. The van der Waals surface area contributed by atoms with E-state index < -0.39 is 0 Å². The molecule has 6 nitrogen and oxygen atoms in total. The van der Waals surface area contributed by atoms with Gasteiger partial charge in [-0.05, 0) is 37.5 Å². The van der Waals surface area contributed by atoms with Gasteiger partial charge in [0, 0.05) is 18.2 Å². The Morgan fingerprint density at radius 2 is 2.32 bits per heavy atom. The normalized spacial score (nSPS) is 16.7. The van der Waals surface area contributed by atoms with Crippen LogP contribution in [0.4, 0.5) is 10.5 Å². The number of aromatic nitrogens is 2. The van der Waals surface area contributed by atoms with Crippen LogP contribution < -0.4 is 15.4 Å². The van der Waals surface area contributed by atoms with Crippen molar-refractivity contribution in [1.82, 2.24) is 15.5 Å². The Morgan fingerprint density at radius 1 is 1.45 bits per heavy atom. The molecule has 22 heavy (non-hydrogen) atoms. The number of anilines is 1. The van der Waals surface area contributed by atoms with Crippen LogP contribution in [0, 0.1) is 0 Å². The summed E-state index contributed by atoms with van der Waals surface area (Å²) in [7, 11) is 0. The van der Waals surface area contributed by atoms with Gasteiger partial charge in [0.15, 0.2) is 0 Å². The molecule has 1 aromatic heterocycles. The summed E-state index contributed by atoms with van der Waals surface area (Å²) < 4.78 is 5.51. The lowest BCUT2D eigenvalue weighted by atomic mass is 9.94. The zero-order valence-electron chi connectivity index (χ0n) is 12.6. The fourth-order valence-electron chi connectivity index (χ4n) is 2.73. The largest absolute Gasteiger partial charge is 0.492 e. The third kappa shape index (κ3) is 3.21. The Morgan fingerprint density at radius 3 is 3.18 bits per heavy atom. The standard InChI is InChI=1S/C16H20N4O2/c1-2-22-15-6-4-3-5-13(15)19-16(21)18-12-8-7-11-10-17-20-14(11)9-12/h3-6,10,12H,2,7-9H2,1H3,(H,17,20)(H2,18,19,21). The van der Waals surface area contributed by atoms with Crippen molar-refractivity contribution in [3.05, 3.63) is 41.7 Å². The molecule has 1 aromatic carbocycles. The van der Waals surface area contributed by atoms with Gasteiger partial charge in [-0.1, -0.05) is 12.1 Å². The van der Waals surface area contributed by atoms with Crippen LogP contribution >= 0.6 is 0 Å². The zero-order chi connectivity index (χ0) is 15.4. The molecule has 0 radical (unpaired) electrons. The minimum Gasteiger partial charge on any atom is -0.492 e. The molecule has 0 spiro atoms. The number of hydrogen-bond donors (Lipinski definition) is 3. The van der Waals surface area contributed by atoms with Gasteiger partial charge in [-0.25, -0.2) is 4.79 Å². The number of hydrogen-bond acceptors (Lipinski definition) is 3. The van der Waals surface area contributed by atoms with E-state index >= 15 is 0 Å². The molecule has 0 saturated heterocycles. The lowest BCUT2D eigenvalue weighted by Crippen LogP contribution is -2.41. The smallest absolute Gasteiger partial charge is 0.319 e. The van der Waals surface area contributed by atoms with Crippen LogP contribution in [-0.4, -0.2) is 28.9 Å².